The summed E-state index contributed by atoms with van der Waals surface area (Å²) in [5, 5.41) is 8.28. The molecule has 0 radical (unpaired) electrons. The number of thiocarbonyl (C=S) groups is 1. The molecule has 1 aromatic heterocycles. The zero-order valence-corrected chi connectivity index (χ0v) is 7.47. The van der Waals surface area contributed by atoms with Crippen LogP contribution in [-0.4, -0.2) is 22.6 Å². The summed E-state index contributed by atoms with van der Waals surface area (Å²) in [6, 6.07) is 1.37. The van der Waals surface area contributed by atoms with Crippen molar-refractivity contribution in [1.82, 2.24) is 9.19 Å². The average molecular weight is 206 g/mol. The Morgan fingerprint density at radius 2 is 2.25 bits per heavy atom. The molecule has 0 fully saturated rings. The van der Waals surface area contributed by atoms with Crippen LogP contribution in [0, 0.1) is 0 Å². The topological polar surface area (TPSA) is 104 Å². The molecule has 6 nitrogen and oxygen atoms in total. The van der Waals surface area contributed by atoms with Gasteiger partial charge in [-0.3, -0.25) is 0 Å². The third kappa shape index (κ3) is 1.78. The van der Waals surface area contributed by atoms with E-state index in [1.165, 1.54) is 12.3 Å². The van der Waals surface area contributed by atoms with E-state index < -0.39 is 10.2 Å². The van der Waals surface area contributed by atoms with E-state index in [-0.39, 0.29) is 10.7 Å². The Bertz CT molecular complexity index is 406. The fourth-order valence-electron chi connectivity index (χ4n) is 0.580. The number of aromatic nitrogens is 2. The predicted octanol–water partition coefficient (Wildman–Crippen LogP) is -1.43. The van der Waals surface area contributed by atoms with Gasteiger partial charge in [-0.05, 0) is 6.07 Å². The molecule has 0 saturated carbocycles. The van der Waals surface area contributed by atoms with E-state index in [1.54, 1.807) is 0 Å². The van der Waals surface area contributed by atoms with Crippen LogP contribution >= 0.6 is 12.2 Å². The van der Waals surface area contributed by atoms with Gasteiger partial charge < -0.3 is 5.73 Å². The molecule has 1 aromatic rings. The zero-order valence-electron chi connectivity index (χ0n) is 5.84. The van der Waals surface area contributed by atoms with Crippen molar-refractivity contribution < 1.29 is 8.42 Å². The maximum Gasteiger partial charge on any atom is 0.317 e. The first-order valence-corrected chi connectivity index (χ1v) is 4.71. The van der Waals surface area contributed by atoms with Crippen LogP contribution in [0.25, 0.3) is 0 Å². The van der Waals surface area contributed by atoms with Crippen LogP contribution in [0.5, 0.6) is 0 Å². The van der Waals surface area contributed by atoms with E-state index in [0.717, 1.165) is 0 Å². The summed E-state index contributed by atoms with van der Waals surface area (Å²) >= 11 is 4.56. The Morgan fingerprint density at radius 3 is 2.50 bits per heavy atom. The minimum absolute atomic E-state index is 0.0254. The maximum absolute atomic E-state index is 10.7. The molecule has 0 bridgehead atoms. The summed E-state index contributed by atoms with van der Waals surface area (Å²) in [7, 11) is -3.83. The van der Waals surface area contributed by atoms with Crippen LogP contribution in [0.2, 0.25) is 0 Å². The van der Waals surface area contributed by atoms with Gasteiger partial charge in [0.1, 0.15) is 10.7 Å². The van der Waals surface area contributed by atoms with Crippen molar-refractivity contribution in [2.75, 3.05) is 0 Å². The fraction of sp³-hybridized carbons (Fsp3) is 0. The lowest BCUT2D eigenvalue weighted by Gasteiger charge is -1.94. The zero-order chi connectivity index (χ0) is 9.35. The van der Waals surface area contributed by atoms with E-state index in [0.29, 0.717) is 4.09 Å². The fourth-order valence-corrected chi connectivity index (χ4v) is 1.12. The number of nitrogens with zero attached hydrogens (tertiary/aromatic N) is 2. The van der Waals surface area contributed by atoms with Crippen molar-refractivity contribution in [2.45, 2.75) is 0 Å². The van der Waals surface area contributed by atoms with E-state index in [9.17, 15) is 8.42 Å². The number of nitrogens with two attached hydrogens (primary N) is 2. The third-order valence-electron chi connectivity index (χ3n) is 1.08. The summed E-state index contributed by atoms with van der Waals surface area (Å²) < 4.78 is 21.9. The third-order valence-corrected chi connectivity index (χ3v) is 2.01. The van der Waals surface area contributed by atoms with Crippen molar-refractivity contribution in [3.05, 3.63) is 18.0 Å². The Hall–Kier alpha value is -0.990. The van der Waals surface area contributed by atoms with Crippen LogP contribution in [0.15, 0.2) is 12.3 Å². The highest BCUT2D eigenvalue weighted by Crippen LogP contribution is 1.96. The molecule has 0 aromatic carbocycles. The molecule has 0 aliphatic heterocycles. The molecule has 66 valence electrons. The van der Waals surface area contributed by atoms with Crippen LogP contribution in [0.3, 0.4) is 0 Å². The van der Waals surface area contributed by atoms with Gasteiger partial charge in [0.15, 0.2) is 0 Å². The largest absolute Gasteiger partial charge is 0.388 e. The van der Waals surface area contributed by atoms with Gasteiger partial charge in [0, 0.05) is 6.20 Å². The van der Waals surface area contributed by atoms with E-state index in [2.05, 4.69) is 17.3 Å². The highest BCUT2D eigenvalue weighted by molar-refractivity contribution is 7.87. The minimum atomic E-state index is -3.83. The van der Waals surface area contributed by atoms with E-state index in [1.807, 2.05) is 0 Å². The van der Waals surface area contributed by atoms with E-state index in [4.69, 9.17) is 10.9 Å². The molecule has 0 saturated heterocycles. The number of hydrogen-bond donors (Lipinski definition) is 2. The molecule has 1 heterocycles. The Labute approximate surface area is 74.3 Å². The first kappa shape index (κ1) is 9.10. The maximum atomic E-state index is 10.7. The standard InChI is InChI=1S/C4H6N4O2S2/c5-4(11)3-1-2-8(7-3)12(6,9)10/h1-2H,(H2,5,11)(H2,6,9,10). The molecule has 0 aliphatic carbocycles. The highest BCUT2D eigenvalue weighted by Gasteiger charge is 2.08. The van der Waals surface area contributed by atoms with Crippen molar-refractivity contribution in [3.8, 4) is 0 Å². The second kappa shape index (κ2) is 2.81. The second-order valence-electron chi connectivity index (χ2n) is 1.98. The molecule has 8 heteroatoms. The lowest BCUT2D eigenvalue weighted by Crippen LogP contribution is -2.23. The van der Waals surface area contributed by atoms with Crippen LogP contribution < -0.4 is 10.9 Å². The molecular weight excluding hydrogens is 200 g/mol. The van der Waals surface area contributed by atoms with Crippen molar-refractivity contribution >= 4 is 27.4 Å². The normalized spacial score (nSPS) is 11.4. The molecular formula is C4H6N4O2S2. The van der Waals surface area contributed by atoms with Crippen molar-refractivity contribution in [2.24, 2.45) is 10.9 Å². The van der Waals surface area contributed by atoms with Gasteiger partial charge in [0.25, 0.3) is 0 Å². The van der Waals surface area contributed by atoms with Crippen LogP contribution in [-0.2, 0) is 10.2 Å². The van der Waals surface area contributed by atoms with Gasteiger partial charge >= 0.3 is 10.2 Å². The molecule has 0 atom stereocenters. The smallest absolute Gasteiger partial charge is 0.317 e. The number of rotatable bonds is 2. The Kier molecular flexibility index (Phi) is 2.13. The Balaban J connectivity index is 3.17. The van der Waals surface area contributed by atoms with Gasteiger partial charge in [0.05, 0.1) is 0 Å². The molecule has 12 heavy (non-hydrogen) atoms. The van der Waals surface area contributed by atoms with Gasteiger partial charge in [0.2, 0.25) is 0 Å². The van der Waals surface area contributed by atoms with Gasteiger partial charge in [-0.25, -0.2) is 5.14 Å². The number of hydrogen-bond acceptors (Lipinski definition) is 4. The molecule has 1 rings (SSSR count). The lowest BCUT2D eigenvalue weighted by atomic mass is 10.4. The summed E-state index contributed by atoms with van der Waals surface area (Å²) in [5.74, 6) is 0. The SMILES string of the molecule is NC(=S)c1ccn(S(N)(=O)=O)n1. The highest BCUT2D eigenvalue weighted by atomic mass is 32.2. The van der Waals surface area contributed by atoms with Crippen LogP contribution in [0.1, 0.15) is 5.69 Å². The Morgan fingerprint density at radius 1 is 1.67 bits per heavy atom. The summed E-state index contributed by atoms with van der Waals surface area (Å²) in [6.07, 6.45) is 1.17. The van der Waals surface area contributed by atoms with Crippen molar-refractivity contribution in [1.29, 1.82) is 0 Å². The monoisotopic (exact) mass is 206 g/mol. The second-order valence-corrected chi connectivity index (χ2v) is 3.83. The molecule has 4 N–H and O–H groups in total. The lowest BCUT2D eigenvalue weighted by molar-refractivity contribution is 0.582. The van der Waals surface area contributed by atoms with Gasteiger partial charge in [-0.15, -0.1) is 0 Å². The quantitative estimate of drug-likeness (QED) is 0.577. The first-order valence-electron chi connectivity index (χ1n) is 2.80. The minimum Gasteiger partial charge on any atom is -0.388 e. The predicted molar refractivity (Wildman–Crippen MR) is 46.6 cm³/mol. The molecule has 0 aliphatic rings. The molecule has 0 amide bonds. The summed E-state index contributed by atoms with van der Waals surface area (Å²) in [4.78, 5) is 0.0254. The first-order chi connectivity index (χ1) is 5.41. The van der Waals surface area contributed by atoms with Crippen molar-refractivity contribution in [3.63, 3.8) is 0 Å². The van der Waals surface area contributed by atoms with E-state index >= 15 is 0 Å². The molecule has 0 unspecified atom stereocenters. The average Bonchev–Trinajstić information content (AvgIpc) is 2.30. The van der Waals surface area contributed by atoms with Gasteiger partial charge in [-0.1, -0.05) is 12.2 Å². The van der Waals surface area contributed by atoms with Crippen LogP contribution in [0.4, 0.5) is 0 Å². The summed E-state index contributed by atoms with van der Waals surface area (Å²) in [6.45, 7) is 0. The summed E-state index contributed by atoms with van der Waals surface area (Å²) in [5.41, 5.74) is 5.41. The molecule has 0 spiro atoms. The van der Waals surface area contributed by atoms with Gasteiger partial charge in [-0.2, -0.15) is 17.6 Å².